The van der Waals surface area contributed by atoms with Gasteiger partial charge in [-0.2, -0.15) is 0 Å². The van der Waals surface area contributed by atoms with Gasteiger partial charge in [0.05, 0.1) is 0 Å². The van der Waals surface area contributed by atoms with Crippen molar-refractivity contribution in [3.8, 4) is 0 Å². The molecule has 0 bridgehead atoms. The average Bonchev–Trinajstić information content (AvgIpc) is 2.92. The summed E-state index contributed by atoms with van der Waals surface area (Å²) in [5.74, 6) is 1.91. The Labute approximate surface area is 106 Å². The molecule has 1 heterocycles. The van der Waals surface area contributed by atoms with Crippen LogP contribution in [0.5, 0.6) is 0 Å². The van der Waals surface area contributed by atoms with Crippen molar-refractivity contribution in [2.45, 2.75) is 64.0 Å². The van der Waals surface area contributed by atoms with Gasteiger partial charge < -0.3 is 10.2 Å². The minimum atomic E-state index is 0.785. The molecule has 1 N–H and O–H groups in total. The predicted molar refractivity (Wildman–Crippen MR) is 72.1 cm³/mol. The zero-order valence-electron chi connectivity index (χ0n) is 11.3. The van der Waals surface area contributed by atoms with E-state index in [2.05, 4.69) is 17.1 Å². The van der Waals surface area contributed by atoms with Gasteiger partial charge in [-0.15, -0.1) is 0 Å². The molecule has 0 aromatic carbocycles. The molecule has 1 aliphatic heterocycles. The van der Waals surface area contributed by atoms with Crippen LogP contribution >= 0.6 is 0 Å². The first kappa shape index (κ1) is 12.0. The topological polar surface area (TPSA) is 15.3 Å². The van der Waals surface area contributed by atoms with Crippen LogP contribution in [-0.4, -0.2) is 36.6 Å². The molecule has 17 heavy (non-hydrogen) atoms. The van der Waals surface area contributed by atoms with Crippen molar-refractivity contribution in [3.63, 3.8) is 0 Å². The minimum absolute atomic E-state index is 0.785. The van der Waals surface area contributed by atoms with E-state index in [1.165, 1.54) is 64.6 Å². The SMILES string of the molecule is CC1CC(NC2CC2)CN(CC2CCCC2)C1. The van der Waals surface area contributed by atoms with Crippen molar-refractivity contribution in [2.75, 3.05) is 19.6 Å². The highest BCUT2D eigenvalue weighted by atomic mass is 15.2. The fourth-order valence-electron chi connectivity index (χ4n) is 3.87. The lowest BCUT2D eigenvalue weighted by Gasteiger charge is -2.38. The number of likely N-dealkylation sites (tertiary alicyclic amines) is 1. The van der Waals surface area contributed by atoms with Crippen molar-refractivity contribution in [2.24, 2.45) is 11.8 Å². The van der Waals surface area contributed by atoms with Gasteiger partial charge in [-0.3, -0.25) is 0 Å². The molecule has 3 fully saturated rings. The number of rotatable bonds is 4. The van der Waals surface area contributed by atoms with Gasteiger partial charge in [0, 0.05) is 31.7 Å². The highest BCUT2D eigenvalue weighted by Crippen LogP contribution is 2.28. The molecular formula is C15H28N2. The van der Waals surface area contributed by atoms with Gasteiger partial charge in [0.15, 0.2) is 0 Å². The van der Waals surface area contributed by atoms with Crippen LogP contribution in [0.1, 0.15) is 51.9 Å². The second kappa shape index (κ2) is 5.27. The van der Waals surface area contributed by atoms with E-state index in [1.807, 2.05) is 0 Å². The molecular weight excluding hydrogens is 208 g/mol. The summed E-state index contributed by atoms with van der Waals surface area (Å²) in [4.78, 5) is 2.75. The zero-order valence-corrected chi connectivity index (χ0v) is 11.3. The Morgan fingerprint density at radius 2 is 1.76 bits per heavy atom. The van der Waals surface area contributed by atoms with Crippen molar-refractivity contribution >= 4 is 0 Å². The van der Waals surface area contributed by atoms with Gasteiger partial charge in [-0.1, -0.05) is 19.8 Å². The van der Waals surface area contributed by atoms with E-state index in [-0.39, 0.29) is 0 Å². The Morgan fingerprint density at radius 1 is 1.00 bits per heavy atom. The monoisotopic (exact) mass is 236 g/mol. The van der Waals surface area contributed by atoms with Crippen molar-refractivity contribution in [1.82, 2.24) is 10.2 Å². The second-order valence-electron chi connectivity index (χ2n) is 6.85. The predicted octanol–water partition coefficient (Wildman–Crippen LogP) is 2.64. The van der Waals surface area contributed by atoms with Crippen LogP contribution in [-0.2, 0) is 0 Å². The first-order valence-electron chi connectivity index (χ1n) is 7.78. The van der Waals surface area contributed by atoms with E-state index < -0.39 is 0 Å². The summed E-state index contributed by atoms with van der Waals surface area (Å²) in [6, 6.07) is 1.66. The molecule has 0 amide bonds. The van der Waals surface area contributed by atoms with E-state index in [0.29, 0.717) is 0 Å². The molecule has 0 aromatic rings. The summed E-state index contributed by atoms with van der Waals surface area (Å²) in [6.07, 6.45) is 10.2. The van der Waals surface area contributed by atoms with E-state index in [0.717, 1.165) is 23.9 Å². The quantitative estimate of drug-likeness (QED) is 0.807. The van der Waals surface area contributed by atoms with Crippen LogP contribution < -0.4 is 5.32 Å². The summed E-state index contributed by atoms with van der Waals surface area (Å²) in [7, 11) is 0. The number of piperidine rings is 1. The smallest absolute Gasteiger partial charge is 0.0200 e. The van der Waals surface area contributed by atoms with Gasteiger partial charge in [0.1, 0.15) is 0 Å². The largest absolute Gasteiger partial charge is 0.310 e. The molecule has 2 aliphatic carbocycles. The Hall–Kier alpha value is -0.0800. The minimum Gasteiger partial charge on any atom is -0.310 e. The standard InChI is InChI=1S/C15H28N2/c1-12-8-15(16-14-6-7-14)11-17(9-12)10-13-4-2-3-5-13/h12-16H,2-11H2,1H3. The summed E-state index contributed by atoms with van der Waals surface area (Å²) >= 11 is 0. The van der Waals surface area contributed by atoms with E-state index >= 15 is 0 Å². The zero-order chi connectivity index (χ0) is 11.7. The second-order valence-corrected chi connectivity index (χ2v) is 6.85. The Bertz CT molecular complexity index is 241. The van der Waals surface area contributed by atoms with Crippen molar-refractivity contribution in [3.05, 3.63) is 0 Å². The van der Waals surface area contributed by atoms with Crippen molar-refractivity contribution in [1.29, 1.82) is 0 Å². The van der Waals surface area contributed by atoms with Gasteiger partial charge in [-0.25, -0.2) is 0 Å². The highest BCUT2D eigenvalue weighted by Gasteiger charge is 2.31. The van der Waals surface area contributed by atoms with E-state index in [1.54, 1.807) is 0 Å². The van der Waals surface area contributed by atoms with Gasteiger partial charge >= 0.3 is 0 Å². The molecule has 2 atom stereocenters. The normalized spacial score (nSPS) is 36.5. The number of nitrogens with zero attached hydrogens (tertiary/aromatic N) is 1. The molecule has 2 unspecified atom stereocenters. The first-order valence-corrected chi connectivity index (χ1v) is 7.78. The molecule has 3 rings (SSSR count). The third kappa shape index (κ3) is 3.45. The molecule has 0 radical (unpaired) electrons. The molecule has 3 aliphatic rings. The first-order chi connectivity index (χ1) is 8.29. The van der Waals surface area contributed by atoms with Gasteiger partial charge in [0.25, 0.3) is 0 Å². The summed E-state index contributed by atoms with van der Waals surface area (Å²) in [5, 5.41) is 3.84. The number of hydrogen-bond acceptors (Lipinski definition) is 2. The molecule has 0 spiro atoms. The van der Waals surface area contributed by atoms with Crippen molar-refractivity contribution < 1.29 is 0 Å². The Kier molecular flexibility index (Phi) is 3.72. The lowest BCUT2D eigenvalue weighted by Crippen LogP contribution is -2.50. The summed E-state index contributed by atoms with van der Waals surface area (Å²) < 4.78 is 0. The van der Waals surface area contributed by atoms with Gasteiger partial charge in [-0.05, 0) is 43.9 Å². The maximum Gasteiger partial charge on any atom is 0.0200 e. The number of hydrogen-bond donors (Lipinski definition) is 1. The van der Waals surface area contributed by atoms with Crippen LogP contribution in [0, 0.1) is 11.8 Å². The fraction of sp³-hybridized carbons (Fsp3) is 1.00. The maximum atomic E-state index is 3.84. The van der Waals surface area contributed by atoms with Gasteiger partial charge in [0.2, 0.25) is 0 Å². The average molecular weight is 236 g/mol. The highest BCUT2D eigenvalue weighted by molar-refractivity contribution is 4.90. The van der Waals surface area contributed by atoms with Crippen LogP contribution in [0.3, 0.4) is 0 Å². The summed E-state index contributed by atoms with van der Waals surface area (Å²) in [5.41, 5.74) is 0. The fourth-order valence-corrected chi connectivity index (χ4v) is 3.87. The summed E-state index contributed by atoms with van der Waals surface area (Å²) in [6.45, 7) is 6.48. The van der Waals surface area contributed by atoms with Crippen LogP contribution in [0.15, 0.2) is 0 Å². The van der Waals surface area contributed by atoms with Crippen LogP contribution in [0.4, 0.5) is 0 Å². The van der Waals surface area contributed by atoms with E-state index in [9.17, 15) is 0 Å². The third-order valence-electron chi connectivity index (χ3n) is 4.78. The Balaban J connectivity index is 1.48. The Morgan fingerprint density at radius 3 is 2.47 bits per heavy atom. The molecule has 1 saturated heterocycles. The number of nitrogens with one attached hydrogen (secondary N) is 1. The van der Waals surface area contributed by atoms with Crippen LogP contribution in [0.25, 0.3) is 0 Å². The lowest BCUT2D eigenvalue weighted by molar-refractivity contribution is 0.129. The molecule has 0 aromatic heterocycles. The maximum absolute atomic E-state index is 3.84. The third-order valence-corrected chi connectivity index (χ3v) is 4.78. The molecule has 2 heteroatoms. The van der Waals surface area contributed by atoms with E-state index in [4.69, 9.17) is 0 Å². The molecule has 2 nitrogen and oxygen atoms in total. The lowest BCUT2D eigenvalue weighted by atomic mass is 9.94. The van der Waals surface area contributed by atoms with Crippen LogP contribution in [0.2, 0.25) is 0 Å². The molecule has 98 valence electrons. The molecule has 2 saturated carbocycles.